The quantitative estimate of drug-likeness (QED) is 0.918. The molecule has 0 saturated heterocycles. The van der Waals surface area contributed by atoms with Crippen molar-refractivity contribution in [3.05, 3.63) is 59.7 Å². The predicted molar refractivity (Wildman–Crippen MR) is 67.7 cm³/mol. The molecule has 2 aromatic carbocycles. The summed E-state index contributed by atoms with van der Waals surface area (Å²) in [7, 11) is 0. The van der Waals surface area contributed by atoms with Gasteiger partial charge >= 0.3 is 0 Å². The van der Waals surface area contributed by atoms with E-state index in [1.165, 1.54) is 6.07 Å². The molecule has 2 unspecified atom stereocenters. The summed E-state index contributed by atoms with van der Waals surface area (Å²) in [5.41, 5.74) is 0.247. The zero-order chi connectivity index (χ0) is 14.1. The van der Waals surface area contributed by atoms with Gasteiger partial charge in [-0.05, 0) is 29.8 Å². The Kier molecular flexibility index (Phi) is 3.28. The van der Waals surface area contributed by atoms with Crippen molar-refractivity contribution in [3.63, 3.8) is 0 Å². The fourth-order valence-electron chi connectivity index (χ4n) is 2.10. The summed E-state index contributed by atoms with van der Waals surface area (Å²) in [6.45, 7) is 0.136. The highest BCUT2D eigenvalue weighted by Gasteiger charge is 2.29. The smallest absolute Gasteiger partial charge is 0.163 e. The van der Waals surface area contributed by atoms with Crippen LogP contribution in [-0.2, 0) is 0 Å². The average molecular weight is 278 g/mol. The highest BCUT2D eigenvalue weighted by molar-refractivity contribution is 5.41. The number of aliphatic hydroxyl groups is 1. The first-order valence-electron chi connectivity index (χ1n) is 6.16. The Morgan fingerprint density at radius 2 is 1.80 bits per heavy atom. The number of hydrogen-bond donors (Lipinski definition) is 1. The van der Waals surface area contributed by atoms with Gasteiger partial charge in [0.1, 0.15) is 12.7 Å². The molecule has 0 bridgehead atoms. The molecule has 104 valence electrons. The third kappa shape index (κ3) is 2.32. The Bertz CT molecular complexity index is 630. The largest absolute Gasteiger partial charge is 0.486 e. The Morgan fingerprint density at radius 1 is 1.05 bits per heavy atom. The topological polar surface area (TPSA) is 38.7 Å². The van der Waals surface area contributed by atoms with E-state index in [0.717, 1.165) is 12.1 Å². The Morgan fingerprint density at radius 3 is 2.55 bits per heavy atom. The van der Waals surface area contributed by atoms with Crippen molar-refractivity contribution < 1.29 is 23.4 Å². The minimum atomic E-state index is -1.10. The minimum Gasteiger partial charge on any atom is -0.486 e. The number of rotatable bonds is 2. The first kappa shape index (κ1) is 12.9. The van der Waals surface area contributed by atoms with Crippen LogP contribution < -0.4 is 9.47 Å². The summed E-state index contributed by atoms with van der Waals surface area (Å²) >= 11 is 0. The molecule has 1 aliphatic heterocycles. The molecule has 1 heterocycles. The normalized spacial score (nSPS) is 18.6. The summed E-state index contributed by atoms with van der Waals surface area (Å²) in [6, 6.07) is 10.3. The summed E-state index contributed by atoms with van der Waals surface area (Å²) < 4.78 is 37.2. The molecule has 0 aliphatic carbocycles. The van der Waals surface area contributed by atoms with Crippen molar-refractivity contribution >= 4 is 0 Å². The molecule has 0 radical (unpaired) electrons. The van der Waals surface area contributed by atoms with E-state index >= 15 is 0 Å². The van der Waals surface area contributed by atoms with Gasteiger partial charge in [0.25, 0.3) is 0 Å². The van der Waals surface area contributed by atoms with E-state index in [9.17, 15) is 13.9 Å². The van der Waals surface area contributed by atoms with Gasteiger partial charge in [0, 0.05) is 0 Å². The van der Waals surface area contributed by atoms with Gasteiger partial charge in [-0.25, -0.2) is 8.78 Å². The maximum atomic E-state index is 13.2. The first-order chi connectivity index (χ1) is 9.65. The predicted octanol–water partition coefficient (Wildman–Crippen LogP) is 2.84. The zero-order valence-corrected chi connectivity index (χ0v) is 10.4. The van der Waals surface area contributed by atoms with Gasteiger partial charge in [0.05, 0.1) is 0 Å². The number of para-hydroxylation sites is 2. The van der Waals surface area contributed by atoms with Gasteiger partial charge in [-0.1, -0.05) is 18.2 Å². The Balaban J connectivity index is 1.82. The molecule has 0 fully saturated rings. The van der Waals surface area contributed by atoms with E-state index in [0.29, 0.717) is 11.5 Å². The number of aliphatic hydroxyl groups excluding tert-OH is 1. The average Bonchev–Trinajstić information content (AvgIpc) is 2.49. The van der Waals surface area contributed by atoms with Gasteiger partial charge in [-0.2, -0.15) is 0 Å². The third-order valence-electron chi connectivity index (χ3n) is 3.17. The van der Waals surface area contributed by atoms with Crippen molar-refractivity contribution in [2.24, 2.45) is 0 Å². The van der Waals surface area contributed by atoms with Crippen molar-refractivity contribution in [2.75, 3.05) is 6.61 Å². The molecular formula is C15H12F2O3. The number of hydrogen-bond acceptors (Lipinski definition) is 3. The molecule has 0 saturated carbocycles. The SMILES string of the molecule is OC(c1ccc(F)c(F)c1)C1COc2ccccc2O1. The molecule has 0 aromatic heterocycles. The lowest BCUT2D eigenvalue weighted by atomic mass is 10.0. The lowest BCUT2D eigenvalue weighted by molar-refractivity contribution is -0.0114. The highest BCUT2D eigenvalue weighted by Crippen LogP contribution is 2.34. The van der Waals surface area contributed by atoms with Crippen molar-refractivity contribution in [2.45, 2.75) is 12.2 Å². The molecule has 3 rings (SSSR count). The van der Waals surface area contributed by atoms with Crippen molar-refractivity contribution in [3.8, 4) is 11.5 Å². The molecule has 0 amide bonds. The lowest BCUT2D eigenvalue weighted by Gasteiger charge is -2.29. The van der Waals surface area contributed by atoms with E-state index in [2.05, 4.69) is 0 Å². The number of fused-ring (bicyclic) bond motifs is 1. The van der Waals surface area contributed by atoms with Crippen LogP contribution in [0.2, 0.25) is 0 Å². The van der Waals surface area contributed by atoms with Crippen LogP contribution in [-0.4, -0.2) is 17.8 Å². The van der Waals surface area contributed by atoms with E-state index in [1.807, 2.05) is 6.07 Å². The van der Waals surface area contributed by atoms with Crippen LogP contribution in [0.1, 0.15) is 11.7 Å². The molecule has 3 nitrogen and oxygen atoms in total. The fourth-order valence-corrected chi connectivity index (χ4v) is 2.10. The number of benzene rings is 2. The molecule has 0 spiro atoms. The van der Waals surface area contributed by atoms with E-state index in [-0.39, 0.29) is 12.2 Å². The zero-order valence-electron chi connectivity index (χ0n) is 10.4. The molecule has 2 atom stereocenters. The highest BCUT2D eigenvalue weighted by atomic mass is 19.2. The van der Waals surface area contributed by atoms with Gasteiger partial charge in [-0.15, -0.1) is 0 Å². The second-order valence-corrected chi connectivity index (χ2v) is 4.53. The van der Waals surface area contributed by atoms with Crippen molar-refractivity contribution in [1.29, 1.82) is 0 Å². The molecule has 1 N–H and O–H groups in total. The van der Waals surface area contributed by atoms with E-state index < -0.39 is 23.8 Å². The Labute approximate surface area is 114 Å². The minimum absolute atomic E-state index is 0.136. The summed E-state index contributed by atoms with van der Waals surface area (Å²) in [5, 5.41) is 10.2. The van der Waals surface area contributed by atoms with Crippen LogP contribution in [0.3, 0.4) is 0 Å². The van der Waals surface area contributed by atoms with Gasteiger partial charge in [0.2, 0.25) is 0 Å². The Hall–Kier alpha value is -2.14. The first-order valence-corrected chi connectivity index (χ1v) is 6.16. The standard InChI is InChI=1S/C15H12F2O3/c16-10-6-5-9(7-11(10)17)15(18)14-8-19-12-3-1-2-4-13(12)20-14/h1-7,14-15,18H,8H2. The molecule has 2 aromatic rings. The molecular weight excluding hydrogens is 266 g/mol. The van der Waals surface area contributed by atoms with E-state index in [4.69, 9.17) is 9.47 Å². The summed E-state index contributed by atoms with van der Waals surface area (Å²) in [5.74, 6) is -0.836. The van der Waals surface area contributed by atoms with Crippen LogP contribution in [0.15, 0.2) is 42.5 Å². The lowest BCUT2D eigenvalue weighted by Crippen LogP contribution is -2.34. The molecule has 20 heavy (non-hydrogen) atoms. The van der Waals surface area contributed by atoms with Gasteiger partial charge in [-0.3, -0.25) is 0 Å². The maximum Gasteiger partial charge on any atom is 0.163 e. The summed E-state index contributed by atoms with van der Waals surface area (Å²) in [4.78, 5) is 0. The van der Waals surface area contributed by atoms with Gasteiger partial charge < -0.3 is 14.6 Å². The van der Waals surface area contributed by atoms with Crippen LogP contribution in [0.25, 0.3) is 0 Å². The molecule has 1 aliphatic rings. The third-order valence-corrected chi connectivity index (χ3v) is 3.17. The number of halogens is 2. The van der Waals surface area contributed by atoms with Crippen molar-refractivity contribution in [1.82, 2.24) is 0 Å². The summed E-state index contributed by atoms with van der Waals surface area (Å²) in [6.07, 6.45) is -1.77. The van der Waals surface area contributed by atoms with Crippen LogP contribution in [0.4, 0.5) is 8.78 Å². The maximum absolute atomic E-state index is 13.2. The van der Waals surface area contributed by atoms with E-state index in [1.54, 1.807) is 18.2 Å². The second-order valence-electron chi connectivity index (χ2n) is 4.53. The molecule has 5 heteroatoms. The van der Waals surface area contributed by atoms with Crippen LogP contribution >= 0.6 is 0 Å². The monoisotopic (exact) mass is 278 g/mol. The second kappa shape index (κ2) is 5.09. The fraction of sp³-hybridized carbons (Fsp3) is 0.200. The van der Waals surface area contributed by atoms with Crippen LogP contribution in [0, 0.1) is 11.6 Å². The number of ether oxygens (including phenoxy) is 2. The van der Waals surface area contributed by atoms with Crippen LogP contribution in [0.5, 0.6) is 11.5 Å². The van der Waals surface area contributed by atoms with Gasteiger partial charge in [0.15, 0.2) is 29.2 Å².